The van der Waals surface area contributed by atoms with Gasteiger partial charge in [-0.15, -0.1) is 0 Å². The summed E-state index contributed by atoms with van der Waals surface area (Å²) in [6, 6.07) is 24.8. The number of hydrogen-bond acceptors (Lipinski definition) is 6. The quantitative estimate of drug-likeness (QED) is 0.163. The van der Waals surface area contributed by atoms with E-state index in [9.17, 15) is 27.9 Å². The first-order valence-corrected chi connectivity index (χ1v) is 17.4. The number of benzene rings is 4. The number of carbonyl (C=O) groups is 2. The Morgan fingerprint density at radius 1 is 1.04 bits per heavy atom. The zero-order valence-electron chi connectivity index (χ0n) is 27.9. The molecule has 0 radical (unpaired) electrons. The van der Waals surface area contributed by atoms with Gasteiger partial charge in [0.2, 0.25) is 5.91 Å². The zero-order valence-corrected chi connectivity index (χ0v) is 29.5. The van der Waals surface area contributed by atoms with E-state index in [4.69, 9.17) is 16.3 Å². The minimum absolute atomic E-state index is 0.157. The van der Waals surface area contributed by atoms with E-state index in [1.54, 1.807) is 41.8 Å². The Balaban J connectivity index is 1.33. The number of alkyl halides is 3. The number of likely N-dealkylation sites (N-methyl/N-ethyl adjacent to an activating group) is 1. The molecule has 264 valence electrons. The summed E-state index contributed by atoms with van der Waals surface area (Å²) in [6.45, 7) is 5.00. The predicted molar refractivity (Wildman–Crippen MR) is 190 cm³/mol. The molecule has 50 heavy (non-hydrogen) atoms. The van der Waals surface area contributed by atoms with Crippen molar-refractivity contribution in [2.45, 2.75) is 54.9 Å². The number of anilines is 1. The summed E-state index contributed by atoms with van der Waals surface area (Å²) in [5.41, 5.74) is 1.22. The van der Waals surface area contributed by atoms with E-state index in [1.165, 1.54) is 12.1 Å². The monoisotopic (exact) mass is 725 g/mol. The minimum atomic E-state index is -4.48. The Kier molecular flexibility index (Phi) is 12.2. The molecule has 0 saturated carbocycles. The van der Waals surface area contributed by atoms with E-state index in [1.807, 2.05) is 38.2 Å². The number of fused-ring (bicyclic) bond motifs is 1. The van der Waals surface area contributed by atoms with Crippen molar-refractivity contribution in [2.24, 2.45) is 5.92 Å². The third-order valence-electron chi connectivity index (χ3n) is 8.51. The van der Waals surface area contributed by atoms with Gasteiger partial charge in [-0.2, -0.15) is 13.2 Å². The summed E-state index contributed by atoms with van der Waals surface area (Å²) < 4.78 is 45.7. The van der Waals surface area contributed by atoms with Gasteiger partial charge in [-0.1, -0.05) is 66.7 Å². The largest absolute Gasteiger partial charge is 0.486 e. The fourth-order valence-electron chi connectivity index (χ4n) is 5.76. The van der Waals surface area contributed by atoms with E-state index >= 15 is 0 Å². The fraction of sp³-hybridized carbons (Fsp3) is 0.316. The van der Waals surface area contributed by atoms with Crippen LogP contribution in [0.4, 0.5) is 18.9 Å². The molecule has 0 fully saturated rings. The zero-order chi connectivity index (χ0) is 36.0. The van der Waals surface area contributed by atoms with Crippen LogP contribution in [0.3, 0.4) is 0 Å². The Morgan fingerprint density at radius 2 is 1.72 bits per heavy atom. The first-order valence-electron chi connectivity index (χ1n) is 16.2. The summed E-state index contributed by atoms with van der Waals surface area (Å²) in [5.74, 6) is -0.762. The van der Waals surface area contributed by atoms with Gasteiger partial charge in [0, 0.05) is 40.4 Å². The summed E-state index contributed by atoms with van der Waals surface area (Å²) in [5, 5.41) is 13.5. The topological polar surface area (TPSA) is 82.1 Å². The maximum atomic E-state index is 13.8. The number of nitrogens with zero attached hydrogens (tertiary/aromatic N) is 2. The van der Waals surface area contributed by atoms with E-state index in [0.29, 0.717) is 30.2 Å². The minimum Gasteiger partial charge on any atom is -0.486 e. The molecule has 0 aliphatic carbocycles. The van der Waals surface area contributed by atoms with Crippen molar-refractivity contribution in [1.29, 1.82) is 0 Å². The van der Waals surface area contributed by atoms with Crippen LogP contribution in [0.5, 0.6) is 5.75 Å². The lowest BCUT2D eigenvalue weighted by Crippen LogP contribution is -2.49. The SMILES string of the molecule is C[C@@H]1CN([C@@H](C)CO)C(=O)c2cccc(NC(=O)Cc3ccc(C(F)(F)F)cc3)c2O[C@@H]1CN(C)Cc1ccc(Sc2cccc(Cl)c2)cc1. The molecule has 1 heterocycles. The average molecular weight is 726 g/mol. The van der Waals surface area contributed by atoms with Gasteiger partial charge < -0.3 is 20.1 Å². The molecule has 0 aromatic heterocycles. The molecule has 12 heteroatoms. The van der Waals surface area contributed by atoms with Crippen LogP contribution in [0.1, 0.15) is 40.9 Å². The molecule has 1 aliphatic rings. The number of amides is 2. The Hall–Kier alpha value is -4.03. The summed E-state index contributed by atoms with van der Waals surface area (Å²) in [7, 11) is 1.99. The first-order chi connectivity index (χ1) is 23.8. The van der Waals surface area contributed by atoms with Crippen molar-refractivity contribution < 1.29 is 32.6 Å². The fourth-order valence-corrected chi connectivity index (χ4v) is 6.90. The summed E-state index contributed by atoms with van der Waals surface area (Å²) in [6.07, 6.45) is -5.07. The molecule has 1 aliphatic heterocycles. The van der Waals surface area contributed by atoms with Crippen LogP contribution < -0.4 is 10.1 Å². The molecule has 7 nitrogen and oxygen atoms in total. The number of halogens is 4. The molecule has 4 aromatic carbocycles. The van der Waals surface area contributed by atoms with E-state index in [-0.39, 0.29) is 41.9 Å². The average Bonchev–Trinajstić information content (AvgIpc) is 3.07. The van der Waals surface area contributed by atoms with Crippen LogP contribution in [0, 0.1) is 5.92 Å². The van der Waals surface area contributed by atoms with Crippen LogP contribution in [0.2, 0.25) is 5.02 Å². The number of para-hydroxylation sites is 1. The van der Waals surface area contributed by atoms with Gasteiger partial charge in [0.15, 0.2) is 5.75 Å². The predicted octanol–water partition coefficient (Wildman–Crippen LogP) is 8.04. The first kappa shape index (κ1) is 37.2. The maximum Gasteiger partial charge on any atom is 0.416 e. The lowest BCUT2D eigenvalue weighted by molar-refractivity contribution is -0.137. The molecule has 3 atom stereocenters. The lowest BCUT2D eigenvalue weighted by atomic mass is 9.98. The van der Waals surface area contributed by atoms with Crippen molar-refractivity contribution in [1.82, 2.24) is 9.80 Å². The number of hydrogen-bond donors (Lipinski definition) is 2. The van der Waals surface area contributed by atoms with Crippen LogP contribution in [0.15, 0.2) is 101 Å². The van der Waals surface area contributed by atoms with Gasteiger partial charge in [-0.25, -0.2) is 0 Å². The molecular formula is C38H39ClF3N3O4S. The Labute approximate surface area is 299 Å². The van der Waals surface area contributed by atoms with Gasteiger partial charge in [-0.05, 0) is 79.7 Å². The third-order valence-corrected chi connectivity index (χ3v) is 9.74. The van der Waals surface area contributed by atoms with Crippen LogP contribution >= 0.6 is 23.4 Å². The van der Waals surface area contributed by atoms with E-state index < -0.39 is 29.8 Å². The third kappa shape index (κ3) is 9.60. The Bertz CT molecular complexity index is 1790. The van der Waals surface area contributed by atoms with Gasteiger partial charge in [-0.3, -0.25) is 14.5 Å². The molecule has 0 unspecified atom stereocenters. The molecule has 0 bridgehead atoms. The number of carbonyl (C=O) groups excluding carboxylic acids is 2. The second-order valence-corrected chi connectivity index (χ2v) is 14.2. The highest BCUT2D eigenvalue weighted by molar-refractivity contribution is 7.99. The van der Waals surface area contributed by atoms with E-state index in [2.05, 4.69) is 34.5 Å². The van der Waals surface area contributed by atoms with Gasteiger partial charge >= 0.3 is 6.18 Å². The van der Waals surface area contributed by atoms with Crippen molar-refractivity contribution in [3.63, 3.8) is 0 Å². The van der Waals surface area contributed by atoms with Gasteiger partial charge in [0.1, 0.15) is 6.10 Å². The smallest absolute Gasteiger partial charge is 0.416 e. The van der Waals surface area contributed by atoms with E-state index in [0.717, 1.165) is 27.5 Å². The number of nitrogens with one attached hydrogen (secondary N) is 1. The van der Waals surface area contributed by atoms with Crippen LogP contribution in [-0.2, 0) is 23.9 Å². The summed E-state index contributed by atoms with van der Waals surface area (Å²) in [4.78, 5) is 32.9. The number of aliphatic hydroxyl groups is 1. The molecule has 5 rings (SSSR count). The van der Waals surface area contributed by atoms with Crippen molar-refractivity contribution in [3.8, 4) is 5.75 Å². The highest BCUT2D eigenvalue weighted by Gasteiger charge is 2.35. The molecule has 2 amide bonds. The van der Waals surface area contributed by atoms with Crippen LogP contribution in [0.25, 0.3) is 0 Å². The molecule has 2 N–H and O–H groups in total. The highest BCUT2D eigenvalue weighted by atomic mass is 35.5. The molecule has 0 saturated heterocycles. The van der Waals surface area contributed by atoms with Crippen molar-refractivity contribution >= 4 is 40.9 Å². The number of aliphatic hydroxyl groups excluding tert-OH is 1. The van der Waals surface area contributed by atoms with Crippen molar-refractivity contribution in [2.75, 3.05) is 32.1 Å². The number of ether oxygens (including phenoxy) is 1. The standard InChI is InChI=1S/C38H39ClF3N3O4S/c1-24-20-45(25(2)23-46)37(48)32-8-5-9-33(43-35(47)18-26-10-14-28(15-11-26)38(40,41)42)36(32)49-34(24)22-44(3)21-27-12-16-30(17-13-27)50-31-7-4-6-29(39)19-31/h4-17,19,24-25,34,46H,18,20-23H2,1-3H3,(H,43,47)/t24-,25+,34-/m1/s1. The van der Waals surface area contributed by atoms with Crippen molar-refractivity contribution in [3.05, 3.63) is 118 Å². The maximum absolute atomic E-state index is 13.8. The highest BCUT2D eigenvalue weighted by Crippen LogP contribution is 2.36. The molecular weight excluding hydrogens is 687 g/mol. The Morgan fingerprint density at radius 3 is 2.38 bits per heavy atom. The molecule has 4 aromatic rings. The van der Waals surface area contributed by atoms with Gasteiger partial charge in [0.05, 0.1) is 35.9 Å². The second kappa shape index (κ2) is 16.3. The number of rotatable bonds is 11. The van der Waals surface area contributed by atoms with Crippen LogP contribution in [-0.4, -0.2) is 65.6 Å². The second-order valence-electron chi connectivity index (χ2n) is 12.6. The summed E-state index contributed by atoms with van der Waals surface area (Å²) >= 11 is 7.77. The normalized spacial score (nSPS) is 17.1. The van der Waals surface area contributed by atoms with Gasteiger partial charge in [0.25, 0.3) is 5.91 Å². The lowest BCUT2D eigenvalue weighted by Gasteiger charge is -2.38. The molecule has 0 spiro atoms.